The van der Waals surface area contributed by atoms with Crippen LogP contribution in [0.25, 0.3) is 0 Å². The van der Waals surface area contributed by atoms with Crippen molar-refractivity contribution in [2.75, 3.05) is 5.32 Å². The number of carbonyl (C=O) groups excluding carboxylic acids is 1. The van der Waals surface area contributed by atoms with Gasteiger partial charge in [0.15, 0.2) is 0 Å². The lowest BCUT2D eigenvalue weighted by Crippen LogP contribution is -2.05. The minimum atomic E-state index is -0.0627. The molecule has 0 unspecified atom stereocenters. The average molecular weight is 323 g/mol. The van der Waals surface area contributed by atoms with Gasteiger partial charge in [-0.25, -0.2) is 0 Å². The van der Waals surface area contributed by atoms with Gasteiger partial charge in [-0.3, -0.25) is 9.78 Å². The maximum atomic E-state index is 10.9. The minimum Gasteiger partial charge on any atom is -0.326 e. The molecule has 0 saturated heterocycles. The third kappa shape index (κ3) is 3.58. The van der Waals surface area contributed by atoms with Gasteiger partial charge in [-0.05, 0) is 46.3 Å². The monoisotopic (exact) mass is 322 g/mol. The molecule has 0 fully saturated rings. The van der Waals surface area contributed by atoms with Gasteiger partial charge in [0, 0.05) is 39.3 Å². The van der Waals surface area contributed by atoms with E-state index in [0.717, 1.165) is 20.0 Å². The van der Waals surface area contributed by atoms with Gasteiger partial charge in [0.1, 0.15) is 0 Å². The molecule has 1 N–H and O–H groups in total. The topological polar surface area (TPSA) is 42.0 Å². The fraction of sp³-hybridized carbons (Fsp3) is 0.0769. The van der Waals surface area contributed by atoms with Crippen LogP contribution in [-0.4, -0.2) is 10.9 Å². The van der Waals surface area contributed by atoms with E-state index in [2.05, 4.69) is 26.2 Å². The van der Waals surface area contributed by atoms with Crippen LogP contribution >= 0.6 is 27.7 Å². The third-order valence-corrected chi connectivity index (χ3v) is 4.12. The van der Waals surface area contributed by atoms with E-state index in [4.69, 9.17) is 0 Å². The summed E-state index contributed by atoms with van der Waals surface area (Å²) >= 11 is 5.10. The number of halogens is 1. The van der Waals surface area contributed by atoms with Gasteiger partial charge in [0.25, 0.3) is 0 Å². The Morgan fingerprint density at radius 3 is 2.61 bits per heavy atom. The zero-order valence-corrected chi connectivity index (χ0v) is 12.1. The van der Waals surface area contributed by atoms with Crippen LogP contribution < -0.4 is 5.32 Å². The highest BCUT2D eigenvalue weighted by molar-refractivity contribution is 9.10. The van der Waals surface area contributed by atoms with Crippen molar-refractivity contribution in [1.82, 2.24) is 4.98 Å². The van der Waals surface area contributed by atoms with Crippen molar-refractivity contribution in [3.05, 3.63) is 47.2 Å². The number of nitrogens with zero attached hydrogens (tertiary/aromatic N) is 1. The van der Waals surface area contributed by atoms with E-state index < -0.39 is 0 Å². The van der Waals surface area contributed by atoms with E-state index in [1.54, 1.807) is 24.2 Å². The molecule has 1 aromatic heterocycles. The fourth-order valence-corrected chi connectivity index (χ4v) is 2.68. The van der Waals surface area contributed by atoms with E-state index in [1.807, 2.05) is 30.3 Å². The Hall–Kier alpha value is -1.33. The first-order chi connectivity index (χ1) is 8.65. The van der Waals surface area contributed by atoms with Crippen molar-refractivity contribution < 1.29 is 4.79 Å². The number of amides is 1. The first-order valence-electron chi connectivity index (χ1n) is 5.30. The molecule has 1 heterocycles. The van der Waals surface area contributed by atoms with Crippen molar-refractivity contribution in [2.45, 2.75) is 16.7 Å². The van der Waals surface area contributed by atoms with Gasteiger partial charge < -0.3 is 5.32 Å². The van der Waals surface area contributed by atoms with Crippen molar-refractivity contribution in [3.63, 3.8) is 0 Å². The van der Waals surface area contributed by atoms with Gasteiger partial charge >= 0.3 is 0 Å². The van der Waals surface area contributed by atoms with Crippen LogP contribution in [0, 0.1) is 0 Å². The van der Waals surface area contributed by atoms with Crippen molar-refractivity contribution in [1.29, 1.82) is 0 Å². The number of anilines is 1. The fourth-order valence-electron chi connectivity index (χ4n) is 1.38. The summed E-state index contributed by atoms with van der Waals surface area (Å²) in [5, 5.41) is 2.74. The Kier molecular flexibility index (Phi) is 4.38. The molecule has 0 aliphatic rings. The second kappa shape index (κ2) is 6.02. The molecule has 1 aromatic carbocycles. The summed E-state index contributed by atoms with van der Waals surface area (Å²) in [6.07, 6.45) is 3.53. The summed E-state index contributed by atoms with van der Waals surface area (Å²) in [6, 6.07) is 9.68. The predicted molar refractivity (Wildman–Crippen MR) is 76.8 cm³/mol. The molecule has 0 aliphatic carbocycles. The molecular formula is C13H11BrN2OS. The number of nitrogens with one attached hydrogen (secondary N) is 1. The van der Waals surface area contributed by atoms with Gasteiger partial charge in [-0.1, -0.05) is 11.8 Å². The zero-order chi connectivity index (χ0) is 13.0. The van der Waals surface area contributed by atoms with Crippen LogP contribution in [0.4, 0.5) is 5.69 Å². The number of aromatic nitrogens is 1. The van der Waals surface area contributed by atoms with E-state index >= 15 is 0 Å². The molecule has 92 valence electrons. The van der Waals surface area contributed by atoms with Crippen molar-refractivity contribution in [2.24, 2.45) is 0 Å². The van der Waals surface area contributed by atoms with E-state index in [9.17, 15) is 4.79 Å². The predicted octanol–water partition coefficient (Wildman–Crippen LogP) is 3.95. The SMILES string of the molecule is CC(=O)Nc1ccc(Sc2ccncc2Br)cc1. The van der Waals surface area contributed by atoms with Gasteiger partial charge in [0.2, 0.25) is 5.91 Å². The van der Waals surface area contributed by atoms with Crippen LogP contribution in [0.5, 0.6) is 0 Å². The Morgan fingerprint density at radius 2 is 2.00 bits per heavy atom. The highest BCUT2D eigenvalue weighted by atomic mass is 79.9. The van der Waals surface area contributed by atoms with E-state index in [0.29, 0.717) is 0 Å². The van der Waals surface area contributed by atoms with Crippen molar-refractivity contribution in [3.8, 4) is 0 Å². The molecule has 0 aliphatic heterocycles. The first-order valence-corrected chi connectivity index (χ1v) is 6.91. The molecule has 0 bridgehead atoms. The Labute approximate surface area is 118 Å². The van der Waals surface area contributed by atoms with Gasteiger partial charge in [-0.15, -0.1) is 0 Å². The molecule has 1 amide bonds. The summed E-state index contributed by atoms with van der Waals surface area (Å²) in [5.74, 6) is -0.0627. The number of benzene rings is 1. The van der Waals surface area contributed by atoms with Gasteiger partial charge in [0.05, 0.1) is 0 Å². The number of hydrogen-bond donors (Lipinski definition) is 1. The summed E-state index contributed by atoms with van der Waals surface area (Å²) in [4.78, 5) is 17.1. The van der Waals surface area contributed by atoms with Crippen LogP contribution in [0.3, 0.4) is 0 Å². The molecule has 0 saturated carbocycles. The van der Waals surface area contributed by atoms with Crippen LogP contribution in [0.15, 0.2) is 57.0 Å². The molecular weight excluding hydrogens is 312 g/mol. The number of hydrogen-bond acceptors (Lipinski definition) is 3. The molecule has 0 spiro atoms. The summed E-state index contributed by atoms with van der Waals surface area (Å²) in [6.45, 7) is 1.50. The first kappa shape index (κ1) is 13.1. The van der Waals surface area contributed by atoms with Crippen molar-refractivity contribution >= 4 is 39.3 Å². The summed E-state index contributed by atoms with van der Waals surface area (Å²) in [5.41, 5.74) is 0.806. The van der Waals surface area contributed by atoms with E-state index in [-0.39, 0.29) is 5.91 Å². The third-order valence-electron chi connectivity index (χ3n) is 2.14. The highest BCUT2D eigenvalue weighted by Crippen LogP contribution is 2.33. The second-order valence-corrected chi connectivity index (χ2v) is 5.58. The molecule has 3 nitrogen and oxygen atoms in total. The molecule has 0 radical (unpaired) electrons. The lowest BCUT2D eigenvalue weighted by atomic mass is 10.3. The lowest BCUT2D eigenvalue weighted by molar-refractivity contribution is -0.114. The summed E-state index contributed by atoms with van der Waals surface area (Å²) < 4.78 is 0.973. The zero-order valence-electron chi connectivity index (χ0n) is 9.68. The maximum Gasteiger partial charge on any atom is 0.221 e. The largest absolute Gasteiger partial charge is 0.326 e. The quantitative estimate of drug-likeness (QED) is 0.930. The number of carbonyl (C=O) groups is 1. The minimum absolute atomic E-state index is 0.0627. The second-order valence-electron chi connectivity index (χ2n) is 3.61. The molecule has 2 aromatic rings. The van der Waals surface area contributed by atoms with Crippen LogP contribution in [0.2, 0.25) is 0 Å². The van der Waals surface area contributed by atoms with Crippen LogP contribution in [0.1, 0.15) is 6.92 Å². The normalized spacial score (nSPS) is 10.1. The van der Waals surface area contributed by atoms with E-state index in [1.165, 1.54) is 6.92 Å². The number of rotatable bonds is 3. The maximum absolute atomic E-state index is 10.9. The Bertz CT molecular complexity index is 557. The molecule has 0 atom stereocenters. The smallest absolute Gasteiger partial charge is 0.221 e. The summed E-state index contributed by atoms with van der Waals surface area (Å²) in [7, 11) is 0. The number of pyridine rings is 1. The molecule has 2 rings (SSSR count). The van der Waals surface area contributed by atoms with Crippen LogP contribution in [-0.2, 0) is 4.79 Å². The molecule has 5 heteroatoms. The standard InChI is InChI=1S/C13H11BrN2OS/c1-9(17)16-10-2-4-11(5-3-10)18-13-6-7-15-8-12(13)14/h2-8H,1H3,(H,16,17). The van der Waals surface area contributed by atoms with Gasteiger partial charge in [-0.2, -0.15) is 0 Å². The lowest BCUT2D eigenvalue weighted by Gasteiger charge is -2.05. The molecule has 18 heavy (non-hydrogen) atoms. The average Bonchev–Trinajstić information content (AvgIpc) is 2.34. The highest BCUT2D eigenvalue weighted by Gasteiger charge is 2.02. The Balaban J connectivity index is 2.11. The Morgan fingerprint density at radius 1 is 1.28 bits per heavy atom.